The van der Waals surface area contributed by atoms with Gasteiger partial charge in [-0.1, -0.05) is 0 Å². The highest BCUT2D eigenvalue weighted by molar-refractivity contribution is 7.80. The zero-order valence-corrected chi connectivity index (χ0v) is 7.00. The predicted molar refractivity (Wildman–Crippen MR) is 39.6 cm³/mol. The molecule has 0 heterocycles. The topological polar surface area (TPSA) is 9.23 Å². The highest BCUT2D eigenvalue weighted by Crippen LogP contribution is 2.20. The molecular weight excluding hydrogens is 158 g/mol. The van der Waals surface area contributed by atoms with Gasteiger partial charge in [0.05, 0.1) is 12.0 Å². The van der Waals surface area contributed by atoms with Crippen LogP contribution >= 0.6 is 12.6 Å². The molecule has 0 aromatic rings. The molecule has 10 heavy (non-hydrogen) atoms. The van der Waals surface area contributed by atoms with E-state index in [4.69, 9.17) is 4.74 Å². The number of hydrogen-bond acceptors (Lipinski definition) is 2. The third-order valence-electron chi connectivity index (χ3n) is 1.00. The molecule has 1 atom stereocenters. The smallest absolute Gasteiger partial charge is 0.247 e. The van der Waals surface area contributed by atoms with Crippen LogP contribution < -0.4 is 0 Å². The quantitative estimate of drug-likeness (QED) is 0.503. The summed E-state index contributed by atoms with van der Waals surface area (Å²) in [6.45, 7) is 2.49. The van der Waals surface area contributed by atoms with Crippen molar-refractivity contribution in [1.29, 1.82) is 0 Å². The molecule has 0 aromatic heterocycles. The second-order valence-electron chi connectivity index (χ2n) is 2.38. The van der Waals surface area contributed by atoms with Gasteiger partial charge in [-0.25, -0.2) is 8.78 Å². The summed E-state index contributed by atoms with van der Waals surface area (Å²) in [5.74, 6) is -2.44. The van der Waals surface area contributed by atoms with Gasteiger partial charge in [0, 0.05) is 6.42 Å². The first kappa shape index (κ1) is 10.2. The van der Waals surface area contributed by atoms with E-state index in [1.807, 2.05) is 0 Å². The van der Waals surface area contributed by atoms with Crippen LogP contribution in [0.2, 0.25) is 0 Å². The maximum absolute atomic E-state index is 12.2. The van der Waals surface area contributed by atoms with Crippen molar-refractivity contribution in [2.45, 2.75) is 32.3 Å². The molecule has 0 aliphatic heterocycles. The minimum Gasteiger partial charge on any atom is -0.368 e. The van der Waals surface area contributed by atoms with Gasteiger partial charge in [0.2, 0.25) is 5.92 Å². The standard InChI is InChI=1S/C6H12F2OS/c1-5(9-4-10)3-6(2,7)8/h5,10H,3-4H2,1-2H3/t5-/m0/s1. The number of halogens is 2. The largest absolute Gasteiger partial charge is 0.368 e. The van der Waals surface area contributed by atoms with Crippen LogP contribution in [-0.2, 0) is 4.74 Å². The Bertz CT molecular complexity index is 92.2. The van der Waals surface area contributed by atoms with E-state index in [-0.39, 0.29) is 12.4 Å². The lowest BCUT2D eigenvalue weighted by atomic mass is 10.2. The maximum Gasteiger partial charge on any atom is 0.247 e. The summed E-state index contributed by atoms with van der Waals surface area (Å²) in [6.07, 6.45) is -0.661. The lowest BCUT2D eigenvalue weighted by Crippen LogP contribution is -2.20. The van der Waals surface area contributed by atoms with E-state index < -0.39 is 12.0 Å². The van der Waals surface area contributed by atoms with Gasteiger partial charge in [0.1, 0.15) is 0 Å². The van der Waals surface area contributed by atoms with Crippen molar-refractivity contribution in [3.05, 3.63) is 0 Å². The molecule has 0 N–H and O–H groups in total. The molecule has 0 bridgehead atoms. The molecule has 1 nitrogen and oxygen atoms in total. The fourth-order valence-corrected chi connectivity index (χ4v) is 0.945. The second kappa shape index (κ2) is 4.13. The molecule has 0 saturated heterocycles. The molecule has 0 aromatic carbocycles. The molecule has 0 spiro atoms. The molecule has 0 unspecified atom stereocenters. The first-order chi connectivity index (χ1) is 4.45. The average Bonchev–Trinajstić information content (AvgIpc) is 1.59. The Balaban J connectivity index is 3.47. The van der Waals surface area contributed by atoms with Crippen molar-refractivity contribution in [3.63, 3.8) is 0 Å². The van der Waals surface area contributed by atoms with E-state index in [1.165, 1.54) is 0 Å². The van der Waals surface area contributed by atoms with Gasteiger partial charge < -0.3 is 4.74 Å². The highest BCUT2D eigenvalue weighted by Gasteiger charge is 2.24. The number of hydrogen-bond donors (Lipinski definition) is 1. The Labute approximate surface area is 65.2 Å². The van der Waals surface area contributed by atoms with Crippen LogP contribution in [0.15, 0.2) is 0 Å². The summed E-state index contributed by atoms with van der Waals surface area (Å²) in [5, 5.41) is 0. The fourth-order valence-electron chi connectivity index (χ4n) is 0.691. The van der Waals surface area contributed by atoms with Gasteiger partial charge in [-0.15, -0.1) is 0 Å². The number of alkyl halides is 2. The Kier molecular flexibility index (Phi) is 4.20. The van der Waals surface area contributed by atoms with Gasteiger partial charge in [0.15, 0.2) is 0 Å². The molecule has 4 heteroatoms. The summed E-state index contributed by atoms with van der Waals surface area (Å²) in [5.41, 5.74) is 0. The first-order valence-electron chi connectivity index (χ1n) is 3.06. The molecular formula is C6H12F2OS. The van der Waals surface area contributed by atoms with Gasteiger partial charge in [-0.2, -0.15) is 12.6 Å². The Morgan fingerprint density at radius 3 is 2.40 bits per heavy atom. The van der Waals surface area contributed by atoms with Crippen molar-refractivity contribution < 1.29 is 13.5 Å². The van der Waals surface area contributed by atoms with Crippen LogP contribution in [0.3, 0.4) is 0 Å². The van der Waals surface area contributed by atoms with Crippen molar-refractivity contribution in [3.8, 4) is 0 Å². The number of rotatable bonds is 4. The number of thiol groups is 1. The minimum atomic E-state index is -2.64. The van der Waals surface area contributed by atoms with E-state index in [0.29, 0.717) is 0 Å². The second-order valence-corrected chi connectivity index (χ2v) is 2.64. The highest BCUT2D eigenvalue weighted by atomic mass is 32.1. The molecule has 0 fully saturated rings. The third-order valence-corrected chi connectivity index (χ3v) is 1.15. The summed E-state index contributed by atoms with van der Waals surface area (Å²) >= 11 is 3.74. The Hall–Kier alpha value is 0.170. The molecule has 0 aliphatic rings. The van der Waals surface area contributed by atoms with E-state index in [0.717, 1.165) is 6.92 Å². The summed E-state index contributed by atoms with van der Waals surface area (Å²) in [4.78, 5) is 0. The van der Waals surface area contributed by atoms with Crippen LogP contribution in [0.25, 0.3) is 0 Å². The Morgan fingerprint density at radius 2 is 2.10 bits per heavy atom. The van der Waals surface area contributed by atoms with Crippen LogP contribution in [0.5, 0.6) is 0 Å². The van der Waals surface area contributed by atoms with E-state index in [2.05, 4.69) is 12.6 Å². The summed E-state index contributed by atoms with van der Waals surface area (Å²) < 4.78 is 29.2. The average molecular weight is 170 g/mol. The monoisotopic (exact) mass is 170 g/mol. The van der Waals surface area contributed by atoms with E-state index in [9.17, 15) is 8.78 Å². The van der Waals surface area contributed by atoms with Gasteiger partial charge in [-0.05, 0) is 13.8 Å². The van der Waals surface area contributed by atoms with Gasteiger partial charge >= 0.3 is 0 Å². The summed E-state index contributed by atoms with van der Waals surface area (Å²) in [6, 6.07) is 0. The van der Waals surface area contributed by atoms with E-state index >= 15 is 0 Å². The Morgan fingerprint density at radius 1 is 1.60 bits per heavy atom. The van der Waals surface area contributed by atoms with E-state index in [1.54, 1.807) is 6.92 Å². The fraction of sp³-hybridized carbons (Fsp3) is 1.00. The molecule has 62 valence electrons. The zero-order valence-electron chi connectivity index (χ0n) is 6.10. The van der Waals surface area contributed by atoms with Crippen LogP contribution in [0, 0.1) is 0 Å². The van der Waals surface area contributed by atoms with Crippen LogP contribution in [-0.4, -0.2) is 18.0 Å². The predicted octanol–water partition coefficient (Wildman–Crippen LogP) is 2.32. The van der Waals surface area contributed by atoms with Crippen molar-refractivity contribution in [2.24, 2.45) is 0 Å². The van der Waals surface area contributed by atoms with Gasteiger partial charge in [-0.3, -0.25) is 0 Å². The molecule has 0 amide bonds. The zero-order chi connectivity index (χ0) is 8.20. The number of ether oxygens (including phenoxy) is 1. The van der Waals surface area contributed by atoms with Crippen LogP contribution in [0.1, 0.15) is 20.3 Å². The van der Waals surface area contributed by atoms with Gasteiger partial charge in [0.25, 0.3) is 0 Å². The van der Waals surface area contributed by atoms with Crippen molar-refractivity contribution >= 4 is 12.6 Å². The van der Waals surface area contributed by atoms with Crippen molar-refractivity contribution in [1.82, 2.24) is 0 Å². The minimum absolute atomic E-state index is 0.192. The molecule has 0 aliphatic carbocycles. The maximum atomic E-state index is 12.2. The molecule has 0 rings (SSSR count). The van der Waals surface area contributed by atoms with Crippen LogP contribution in [0.4, 0.5) is 8.78 Å². The summed E-state index contributed by atoms with van der Waals surface area (Å²) in [7, 11) is 0. The third kappa shape index (κ3) is 6.29. The lowest BCUT2D eigenvalue weighted by Gasteiger charge is -2.15. The lowest BCUT2D eigenvalue weighted by molar-refractivity contribution is -0.0372. The van der Waals surface area contributed by atoms with Crippen molar-refractivity contribution in [2.75, 3.05) is 5.94 Å². The first-order valence-corrected chi connectivity index (χ1v) is 3.69. The molecule has 0 saturated carbocycles. The molecule has 0 radical (unpaired) electrons. The normalized spacial score (nSPS) is 15.3. The SMILES string of the molecule is C[C@@H](CC(C)(F)F)OCS.